The Bertz CT molecular complexity index is 285. The summed E-state index contributed by atoms with van der Waals surface area (Å²) in [6, 6.07) is 0.248. The molecule has 1 aliphatic carbocycles. The van der Waals surface area contributed by atoms with E-state index in [-0.39, 0.29) is 17.4 Å². The summed E-state index contributed by atoms with van der Waals surface area (Å²) in [6.07, 6.45) is 5.46. The predicted octanol–water partition coefficient (Wildman–Crippen LogP) is 1.69. The van der Waals surface area contributed by atoms with E-state index in [0.29, 0.717) is 6.54 Å². The molecule has 0 saturated heterocycles. The lowest BCUT2D eigenvalue weighted by Gasteiger charge is -2.41. The molecule has 1 saturated carbocycles. The predicted molar refractivity (Wildman–Crippen MR) is 80.0 cm³/mol. The first-order chi connectivity index (χ1) is 8.96. The molecular formula is C15H31N3O. The first-order valence-corrected chi connectivity index (χ1v) is 7.62. The molecule has 0 heterocycles. The van der Waals surface area contributed by atoms with E-state index in [1.165, 1.54) is 6.42 Å². The fourth-order valence-corrected chi connectivity index (χ4v) is 3.32. The third kappa shape index (κ3) is 3.93. The SMILES string of the molecule is CCN(C(=O)C1(CN)CCCCC1)C(C)CN(C)C. The van der Waals surface area contributed by atoms with Crippen molar-refractivity contribution in [3.63, 3.8) is 0 Å². The van der Waals surface area contributed by atoms with Gasteiger partial charge in [-0.2, -0.15) is 0 Å². The van der Waals surface area contributed by atoms with Crippen LogP contribution < -0.4 is 5.73 Å². The van der Waals surface area contributed by atoms with Crippen molar-refractivity contribution in [1.82, 2.24) is 9.80 Å². The second-order valence-electron chi connectivity index (χ2n) is 6.25. The smallest absolute Gasteiger partial charge is 0.230 e. The summed E-state index contributed by atoms with van der Waals surface area (Å²) in [7, 11) is 4.10. The molecule has 0 aromatic heterocycles. The number of hydrogen-bond donors (Lipinski definition) is 1. The van der Waals surface area contributed by atoms with E-state index in [2.05, 4.69) is 18.7 Å². The molecule has 2 N–H and O–H groups in total. The lowest BCUT2D eigenvalue weighted by molar-refractivity contribution is -0.145. The molecule has 4 nitrogen and oxygen atoms in total. The number of rotatable bonds is 6. The van der Waals surface area contributed by atoms with E-state index in [1.807, 2.05) is 19.0 Å². The number of likely N-dealkylation sites (N-methyl/N-ethyl adjacent to an activating group) is 2. The number of amides is 1. The van der Waals surface area contributed by atoms with Gasteiger partial charge in [-0.05, 0) is 40.8 Å². The van der Waals surface area contributed by atoms with Gasteiger partial charge in [-0.25, -0.2) is 0 Å². The van der Waals surface area contributed by atoms with Crippen molar-refractivity contribution in [2.45, 2.75) is 52.0 Å². The first kappa shape index (κ1) is 16.4. The molecule has 0 spiro atoms. The van der Waals surface area contributed by atoms with E-state index in [9.17, 15) is 4.79 Å². The molecule has 0 radical (unpaired) electrons. The summed E-state index contributed by atoms with van der Waals surface area (Å²) in [5, 5.41) is 0. The molecule has 1 amide bonds. The Kier molecular flexibility index (Phi) is 6.27. The molecular weight excluding hydrogens is 238 g/mol. The number of nitrogens with zero attached hydrogens (tertiary/aromatic N) is 2. The van der Waals surface area contributed by atoms with Crippen molar-refractivity contribution >= 4 is 5.91 Å². The molecule has 1 rings (SSSR count). The maximum Gasteiger partial charge on any atom is 0.230 e. The van der Waals surface area contributed by atoms with Gasteiger partial charge in [-0.1, -0.05) is 19.3 Å². The second kappa shape index (κ2) is 7.25. The minimum atomic E-state index is -0.283. The molecule has 1 unspecified atom stereocenters. The van der Waals surface area contributed by atoms with Crippen molar-refractivity contribution < 1.29 is 4.79 Å². The monoisotopic (exact) mass is 269 g/mol. The molecule has 1 fully saturated rings. The van der Waals surface area contributed by atoms with Crippen LogP contribution in [0.1, 0.15) is 46.0 Å². The first-order valence-electron chi connectivity index (χ1n) is 7.62. The molecule has 0 aromatic carbocycles. The van der Waals surface area contributed by atoms with Crippen LogP contribution in [0.15, 0.2) is 0 Å². The molecule has 1 atom stereocenters. The number of hydrogen-bond acceptors (Lipinski definition) is 3. The summed E-state index contributed by atoms with van der Waals surface area (Å²) >= 11 is 0. The van der Waals surface area contributed by atoms with Gasteiger partial charge in [0.1, 0.15) is 0 Å². The Labute approximate surface area is 118 Å². The number of nitrogens with two attached hydrogens (primary N) is 1. The molecule has 112 valence electrons. The topological polar surface area (TPSA) is 49.6 Å². The fourth-order valence-electron chi connectivity index (χ4n) is 3.32. The van der Waals surface area contributed by atoms with Gasteiger partial charge in [0.15, 0.2) is 0 Å². The van der Waals surface area contributed by atoms with Gasteiger partial charge in [0.2, 0.25) is 5.91 Å². The highest BCUT2D eigenvalue weighted by molar-refractivity contribution is 5.83. The van der Waals surface area contributed by atoms with Gasteiger partial charge < -0.3 is 15.5 Å². The highest BCUT2D eigenvalue weighted by Crippen LogP contribution is 2.37. The maximum absolute atomic E-state index is 12.9. The van der Waals surface area contributed by atoms with Crippen LogP contribution in [0, 0.1) is 5.41 Å². The lowest BCUT2D eigenvalue weighted by Crippen LogP contribution is -2.53. The van der Waals surface area contributed by atoms with Crippen LogP contribution in [-0.2, 0) is 4.79 Å². The Morgan fingerprint density at radius 1 is 1.26 bits per heavy atom. The zero-order chi connectivity index (χ0) is 14.5. The molecule has 19 heavy (non-hydrogen) atoms. The summed E-state index contributed by atoms with van der Waals surface area (Å²) in [5.74, 6) is 0.284. The standard InChI is InChI=1S/C15H31N3O/c1-5-18(13(2)11-17(3)4)14(19)15(12-16)9-7-6-8-10-15/h13H,5-12,16H2,1-4H3. The molecule has 1 aliphatic rings. The van der Waals surface area contributed by atoms with Gasteiger partial charge >= 0.3 is 0 Å². The van der Waals surface area contributed by atoms with Crippen LogP contribution in [0.3, 0.4) is 0 Å². The Morgan fingerprint density at radius 3 is 2.26 bits per heavy atom. The second-order valence-corrected chi connectivity index (χ2v) is 6.25. The summed E-state index contributed by atoms with van der Waals surface area (Å²) < 4.78 is 0. The number of carbonyl (C=O) groups is 1. The number of carbonyl (C=O) groups excluding carboxylic acids is 1. The van der Waals surface area contributed by atoms with Crippen LogP contribution in [-0.4, -0.2) is 55.5 Å². The Hall–Kier alpha value is -0.610. The largest absolute Gasteiger partial charge is 0.338 e. The van der Waals surface area contributed by atoms with Gasteiger partial charge in [-0.3, -0.25) is 4.79 Å². The van der Waals surface area contributed by atoms with Crippen LogP contribution in [0.2, 0.25) is 0 Å². The van der Waals surface area contributed by atoms with Gasteiger partial charge in [0.05, 0.1) is 5.41 Å². The maximum atomic E-state index is 12.9. The zero-order valence-corrected chi connectivity index (χ0v) is 13.1. The normalized spacial score (nSPS) is 20.3. The average molecular weight is 269 g/mol. The van der Waals surface area contributed by atoms with Crippen LogP contribution in [0.4, 0.5) is 0 Å². The van der Waals surface area contributed by atoms with Crippen LogP contribution in [0.25, 0.3) is 0 Å². The van der Waals surface area contributed by atoms with E-state index in [0.717, 1.165) is 38.8 Å². The molecule has 4 heteroatoms. The molecule has 0 aliphatic heterocycles. The van der Waals surface area contributed by atoms with E-state index >= 15 is 0 Å². The summed E-state index contributed by atoms with van der Waals surface area (Å²) in [4.78, 5) is 17.1. The third-order valence-electron chi connectivity index (χ3n) is 4.42. The zero-order valence-electron chi connectivity index (χ0n) is 13.1. The van der Waals surface area contributed by atoms with Crippen LogP contribution >= 0.6 is 0 Å². The highest BCUT2D eigenvalue weighted by Gasteiger charge is 2.41. The average Bonchev–Trinajstić information content (AvgIpc) is 2.39. The molecule has 0 bridgehead atoms. The van der Waals surface area contributed by atoms with E-state index in [4.69, 9.17) is 5.73 Å². The third-order valence-corrected chi connectivity index (χ3v) is 4.42. The van der Waals surface area contributed by atoms with Crippen molar-refractivity contribution in [2.75, 3.05) is 33.7 Å². The molecule has 0 aromatic rings. The van der Waals surface area contributed by atoms with Crippen LogP contribution in [0.5, 0.6) is 0 Å². The Morgan fingerprint density at radius 2 is 1.84 bits per heavy atom. The minimum Gasteiger partial charge on any atom is -0.338 e. The minimum absolute atomic E-state index is 0.248. The summed E-state index contributed by atoms with van der Waals surface area (Å²) in [5.41, 5.74) is 5.69. The van der Waals surface area contributed by atoms with Crippen molar-refractivity contribution in [1.29, 1.82) is 0 Å². The highest BCUT2D eigenvalue weighted by atomic mass is 16.2. The van der Waals surface area contributed by atoms with E-state index in [1.54, 1.807) is 0 Å². The lowest BCUT2D eigenvalue weighted by atomic mass is 9.73. The van der Waals surface area contributed by atoms with Gasteiger partial charge in [0.25, 0.3) is 0 Å². The quantitative estimate of drug-likeness (QED) is 0.798. The summed E-state index contributed by atoms with van der Waals surface area (Å²) in [6.45, 7) is 6.37. The van der Waals surface area contributed by atoms with Gasteiger partial charge in [-0.15, -0.1) is 0 Å². The van der Waals surface area contributed by atoms with Crippen molar-refractivity contribution in [3.8, 4) is 0 Å². The Balaban J connectivity index is 2.80. The van der Waals surface area contributed by atoms with Crippen molar-refractivity contribution in [3.05, 3.63) is 0 Å². The van der Waals surface area contributed by atoms with E-state index < -0.39 is 0 Å². The fraction of sp³-hybridized carbons (Fsp3) is 0.933. The van der Waals surface area contributed by atoms with Gasteiger partial charge in [0, 0.05) is 25.7 Å². The van der Waals surface area contributed by atoms with Crippen molar-refractivity contribution in [2.24, 2.45) is 11.1 Å².